The van der Waals surface area contributed by atoms with Gasteiger partial charge < -0.3 is 10.6 Å². The van der Waals surface area contributed by atoms with Gasteiger partial charge in [-0.3, -0.25) is 4.79 Å². The Kier molecular flexibility index (Phi) is 6.43. The molecule has 0 aromatic carbocycles. The molecule has 1 unspecified atom stereocenters. The molecular weight excluding hydrogens is 291 g/mol. The first-order chi connectivity index (χ1) is 8.22. The number of hydrogen-bond acceptors (Lipinski definition) is 3. The van der Waals surface area contributed by atoms with Crippen molar-refractivity contribution in [2.75, 3.05) is 19.6 Å². The van der Waals surface area contributed by atoms with Gasteiger partial charge in [-0.1, -0.05) is 11.6 Å². The van der Waals surface area contributed by atoms with Crippen molar-refractivity contribution in [3.05, 3.63) is 21.3 Å². The van der Waals surface area contributed by atoms with Gasteiger partial charge in [0.05, 0.1) is 5.02 Å². The first kappa shape index (κ1) is 15.8. The van der Waals surface area contributed by atoms with Crippen molar-refractivity contribution in [3.63, 3.8) is 0 Å². The third-order valence-corrected chi connectivity index (χ3v) is 4.52. The molecule has 1 aromatic rings. The highest BCUT2D eigenvalue weighted by Gasteiger charge is 2.25. The SMILES string of the molecule is Cl.NCCC1CCCN(C(=O)c2sccc2Cl)C1. The summed E-state index contributed by atoms with van der Waals surface area (Å²) in [4.78, 5) is 14.8. The summed E-state index contributed by atoms with van der Waals surface area (Å²) < 4.78 is 0. The Bertz CT molecular complexity index is 395. The zero-order valence-corrected chi connectivity index (χ0v) is 12.5. The molecule has 0 bridgehead atoms. The lowest BCUT2D eigenvalue weighted by molar-refractivity contribution is 0.0674. The maximum absolute atomic E-state index is 12.3. The van der Waals surface area contributed by atoms with Crippen LogP contribution in [0.1, 0.15) is 28.9 Å². The van der Waals surface area contributed by atoms with Crippen LogP contribution in [0.4, 0.5) is 0 Å². The summed E-state index contributed by atoms with van der Waals surface area (Å²) in [5.74, 6) is 0.628. The zero-order valence-electron chi connectivity index (χ0n) is 10.1. The van der Waals surface area contributed by atoms with Gasteiger partial charge in [-0.2, -0.15) is 0 Å². The van der Waals surface area contributed by atoms with E-state index in [4.69, 9.17) is 17.3 Å². The smallest absolute Gasteiger partial charge is 0.265 e. The Morgan fingerprint density at radius 3 is 3.00 bits per heavy atom. The zero-order chi connectivity index (χ0) is 12.3. The molecule has 1 fully saturated rings. The lowest BCUT2D eigenvalue weighted by Gasteiger charge is -2.32. The maximum atomic E-state index is 12.3. The number of hydrogen-bond donors (Lipinski definition) is 1. The summed E-state index contributed by atoms with van der Waals surface area (Å²) in [7, 11) is 0. The third kappa shape index (κ3) is 3.60. The lowest BCUT2D eigenvalue weighted by atomic mass is 9.95. The number of nitrogens with zero attached hydrogens (tertiary/aromatic N) is 1. The molecule has 2 heterocycles. The van der Waals surface area contributed by atoms with Crippen molar-refractivity contribution < 1.29 is 4.79 Å². The van der Waals surface area contributed by atoms with Crippen molar-refractivity contribution >= 4 is 41.3 Å². The Morgan fingerprint density at radius 2 is 2.39 bits per heavy atom. The van der Waals surface area contributed by atoms with E-state index in [1.165, 1.54) is 17.8 Å². The number of carbonyl (C=O) groups is 1. The van der Waals surface area contributed by atoms with Crippen LogP contribution in [-0.2, 0) is 0 Å². The van der Waals surface area contributed by atoms with Crippen LogP contribution in [0.5, 0.6) is 0 Å². The normalized spacial score (nSPS) is 19.4. The van der Waals surface area contributed by atoms with Crippen LogP contribution in [0.3, 0.4) is 0 Å². The molecule has 6 heteroatoms. The molecule has 1 amide bonds. The summed E-state index contributed by atoms with van der Waals surface area (Å²) in [6, 6.07) is 1.78. The molecule has 1 aromatic heterocycles. The number of thiophene rings is 1. The summed E-state index contributed by atoms with van der Waals surface area (Å²) >= 11 is 7.41. The number of piperidine rings is 1. The van der Waals surface area contributed by atoms with Gasteiger partial charge in [0, 0.05) is 13.1 Å². The Morgan fingerprint density at radius 1 is 1.61 bits per heavy atom. The van der Waals surface area contributed by atoms with Crippen LogP contribution in [0.25, 0.3) is 0 Å². The highest BCUT2D eigenvalue weighted by atomic mass is 35.5. The van der Waals surface area contributed by atoms with Gasteiger partial charge in [-0.05, 0) is 43.2 Å². The molecule has 102 valence electrons. The Balaban J connectivity index is 0.00000162. The van der Waals surface area contributed by atoms with Crippen molar-refractivity contribution in [1.82, 2.24) is 4.90 Å². The molecule has 0 aliphatic carbocycles. The topological polar surface area (TPSA) is 46.3 Å². The number of rotatable bonds is 3. The largest absolute Gasteiger partial charge is 0.338 e. The minimum absolute atomic E-state index is 0. The fourth-order valence-electron chi connectivity index (χ4n) is 2.31. The first-order valence-corrected chi connectivity index (χ1v) is 7.20. The molecule has 2 rings (SSSR count). The third-order valence-electron chi connectivity index (χ3n) is 3.19. The number of carbonyl (C=O) groups excluding carboxylic acids is 1. The summed E-state index contributed by atoms with van der Waals surface area (Å²) in [5.41, 5.74) is 5.58. The van der Waals surface area contributed by atoms with E-state index >= 15 is 0 Å². The maximum Gasteiger partial charge on any atom is 0.265 e. The van der Waals surface area contributed by atoms with Gasteiger partial charge in [0.2, 0.25) is 0 Å². The summed E-state index contributed by atoms with van der Waals surface area (Å²) in [5, 5.41) is 2.43. The molecule has 0 spiro atoms. The highest BCUT2D eigenvalue weighted by molar-refractivity contribution is 7.12. The van der Waals surface area contributed by atoms with E-state index in [1.54, 1.807) is 6.07 Å². The number of amides is 1. The highest BCUT2D eigenvalue weighted by Crippen LogP contribution is 2.26. The Labute approximate surface area is 123 Å². The summed E-state index contributed by atoms with van der Waals surface area (Å²) in [6.45, 7) is 2.37. The van der Waals surface area contributed by atoms with Gasteiger partial charge in [0.1, 0.15) is 4.88 Å². The average Bonchev–Trinajstić information content (AvgIpc) is 2.75. The van der Waals surface area contributed by atoms with E-state index in [9.17, 15) is 4.79 Å². The van der Waals surface area contributed by atoms with Crippen LogP contribution < -0.4 is 5.73 Å². The van der Waals surface area contributed by atoms with Crippen molar-refractivity contribution in [3.8, 4) is 0 Å². The number of likely N-dealkylation sites (tertiary alicyclic amines) is 1. The van der Waals surface area contributed by atoms with Crippen LogP contribution in [0, 0.1) is 5.92 Å². The second kappa shape index (κ2) is 7.34. The van der Waals surface area contributed by atoms with Crippen molar-refractivity contribution in [2.24, 2.45) is 11.7 Å². The molecule has 1 aliphatic rings. The molecule has 1 aliphatic heterocycles. The standard InChI is InChI=1S/C12H17ClN2OS.ClH/c13-10-4-7-17-11(10)12(16)15-6-1-2-9(8-15)3-5-14;/h4,7,9H,1-3,5-6,8,14H2;1H. The molecule has 1 atom stereocenters. The van der Waals surface area contributed by atoms with Gasteiger partial charge >= 0.3 is 0 Å². The van der Waals surface area contributed by atoms with E-state index in [-0.39, 0.29) is 18.3 Å². The number of nitrogens with two attached hydrogens (primary N) is 1. The fourth-order valence-corrected chi connectivity index (χ4v) is 3.41. The Hall–Kier alpha value is -0.290. The minimum Gasteiger partial charge on any atom is -0.338 e. The van der Waals surface area contributed by atoms with Crippen LogP contribution in [0.2, 0.25) is 5.02 Å². The van der Waals surface area contributed by atoms with Crippen molar-refractivity contribution in [2.45, 2.75) is 19.3 Å². The van der Waals surface area contributed by atoms with Gasteiger partial charge in [-0.15, -0.1) is 23.7 Å². The van der Waals surface area contributed by atoms with Crippen molar-refractivity contribution in [1.29, 1.82) is 0 Å². The van der Waals surface area contributed by atoms with E-state index in [1.807, 2.05) is 10.3 Å². The van der Waals surface area contributed by atoms with Gasteiger partial charge in [-0.25, -0.2) is 0 Å². The van der Waals surface area contributed by atoms with Crippen LogP contribution in [-0.4, -0.2) is 30.4 Å². The molecule has 1 saturated heterocycles. The number of halogens is 2. The molecule has 0 radical (unpaired) electrons. The fraction of sp³-hybridized carbons (Fsp3) is 0.583. The van der Waals surface area contributed by atoms with E-state index in [0.29, 0.717) is 22.4 Å². The second-order valence-corrected chi connectivity index (χ2v) is 5.76. The lowest BCUT2D eigenvalue weighted by Crippen LogP contribution is -2.40. The van der Waals surface area contributed by atoms with Gasteiger partial charge in [0.15, 0.2) is 0 Å². The monoisotopic (exact) mass is 308 g/mol. The molecule has 18 heavy (non-hydrogen) atoms. The minimum atomic E-state index is 0. The predicted octanol–water partition coefficient (Wildman–Crippen LogP) is 3.02. The summed E-state index contributed by atoms with van der Waals surface area (Å²) in [6.07, 6.45) is 3.25. The second-order valence-electron chi connectivity index (χ2n) is 4.43. The average molecular weight is 309 g/mol. The molecule has 3 nitrogen and oxygen atoms in total. The van der Waals surface area contributed by atoms with Crippen LogP contribution >= 0.6 is 35.3 Å². The van der Waals surface area contributed by atoms with E-state index in [0.717, 1.165) is 25.9 Å². The first-order valence-electron chi connectivity index (χ1n) is 5.94. The van der Waals surface area contributed by atoms with E-state index < -0.39 is 0 Å². The van der Waals surface area contributed by atoms with Gasteiger partial charge in [0.25, 0.3) is 5.91 Å². The van der Waals surface area contributed by atoms with E-state index in [2.05, 4.69) is 0 Å². The van der Waals surface area contributed by atoms with Crippen LogP contribution in [0.15, 0.2) is 11.4 Å². The molecular formula is C12H18Cl2N2OS. The predicted molar refractivity (Wildman–Crippen MR) is 78.9 cm³/mol. The molecule has 2 N–H and O–H groups in total. The quantitative estimate of drug-likeness (QED) is 0.933. The molecule has 0 saturated carbocycles.